The van der Waals surface area contributed by atoms with Crippen molar-refractivity contribution < 1.29 is 0 Å². The van der Waals surface area contributed by atoms with Crippen molar-refractivity contribution in [3.63, 3.8) is 0 Å². The largest absolute Gasteiger partial charge is 0.299 e. The van der Waals surface area contributed by atoms with Gasteiger partial charge in [0.1, 0.15) is 11.5 Å². The van der Waals surface area contributed by atoms with E-state index in [0.29, 0.717) is 11.7 Å². The van der Waals surface area contributed by atoms with E-state index in [0.717, 1.165) is 66.2 Å². The highest BCUT2D eigenvalue weighted by Crippen LogP contribution is 2.28. The van der Waals surface area contributed by atoms with Crippen molar-refractivity contribution in [1.82, 2.24) is 35.0 Å². The number of hydrogen-bond acceptors (Lipinski definition) is 6. The summed E-state index contributed by atoms with van der Waals surface area (Å²) in [4.78, 5) is 20.5. The lowest BCUT2D eigenvalue weighted by molar-refractivity contribution is 0.202. The van der Waals surface area contributed by atoms with E-state index in [1.54, 1.807) is 12.4 Å². The third-order valence-electron chi connectivity index (χ3n) is 6.52. The van der Waals surface area contributed by atoms with Crippen LogP contribution in [0.3, 0.4) is 0 Å². The van der Waals surface area contributed by atoms with E-state index in [2.05, 4.69) is 61.5 Å². The number of aromatic amines is 1. The second-order valence-corrected chi connectivity index (χ2v) is 8.77. The number of pyridine rings is 3. The molecule has 1 aliphatic rings. The lowest BCUT2D eigenvalue weighted by Gasteiger charge is -2.30. The molecule has 1 N–H and O–H groups in total. The van der Waals surface area contributed by atoms with Gasteiger partial charge in [-0.1, -0.05) is 30.3 Å². The van der Waals surface area contributed by atoms with Gasteiger partial charge in [-0.15, -0.1) is 0 Å². The van der Waals surface area contributed by atoms with Gasteiger partial charge >= 0.3 is 0 Å². The van der Waals surface area contributed by atoms with Gasteiger partial charge in [0.15, 0.2) is 5.82 Å². The van der Waals surface area contributed by atoms with Crippen molar-refractivity contribution in [2.75, 3.05) is 13.1 Å². The maximum absolute atomic E-state index is 4.78. The Labute approximate surface area is 198 Å². The monoisotopic (exact) mass is 447 g/mol. The third-order valence-corrected chi connectivity index (χ3v) is 6.52. The summed E-state index contributed by atoms with van der Waals surface area (Å²) in [6.07, 6.45) is 7.55. The number of nitrogens with one attached hydrogen (secondary N) is 1. The average Bonchev–Trinajstić information content (AvgIpc) is 3.40. The molecule has 0 atom stereocenters. The highest BCUT2D eigenvalue weighted by molar-refractivity contribution is 5.80. The Morgan fingerprint density at radius 2 is 1.74 bits per heavy atom. The molecule has 7 heteroatoms. The van der Waals surface area contributed by atoms with Crippen molar-refractivity contribution in [2.45, 2.75) is 25.3 Å². The molecule has 1 fully saturated rings. The fourth-order valence-electron chi connectivity index (χ4n) is 4.60. The van der Waals surface area contributed by atoms with Crippen molar-refractivity contribution in [3.05, 3.63) is 90.6 Å². The van der Waals surface area contributed by atoms with E-state index in [4.69, 9.17) is 9.97 Å². The van der Waals surface area contributed by atoms with Crippen LogP contribution < -0.4 is 0 Å². The smallest absolute Gasteiger partial charge is 0.199 e. The average molecular weight is 448 g/mol. The quantitative estimate of drug-likeness (QED) is 0.414. The molecule has 168 valence electrons. The molecule has 6 rings (SSSR count). The van der Waals surface area contributed by atoms with Crippen molar-refractivity contribution in [3.8, 4) is 22.8 Å². The molecular formula is C27H25N7. The molecule has 0 spiro atoms. The van der Waals surface area contributed by atoms with E-state index in [1.165, 1.54) is 5.56 Å². The molecule has 1 aliphatic heterocycles. The normalized spacial score (nSPS) is 15.1. The maximum atomic E-state index is 4.78. The lowest BCUT2D eigenvalue weighted by Crippen LogP contribution is -2.32. The zero-order chi connectivity index (χ0) is 22.7. The molecule has 0 bridgehead atoms. The van der Waals surface area contributed by atoms with Crippen molar-refractivity contribution in [1.29, 1.82) is 0 Å². The molecule has 1 aromatic carbocycles. The summed E-state index contributed by atoms with van der Waals surface area (Å²) in [7, 11) is 0. The Kier molecular flexibility index (Phi) is 5.53. The van der Waals surface area contributed by atoms with Gasteiger partial charge in [0.05, 0.1) is 11.2 Å². The molecule has 34 heavy (non-hydrogen) atoms. The molecular weight excluding hydrogens is 422 g/mol. The van der Waals surface area contributed by atoms with Crippen LogP contribution in [-0.2, 0) is 6.54 Å². The first kappa shape index (κ1) is 20.6. The second kappa shape index (κ2) is 9.11. The number of likely N-dealkylation sites (tertiary alicyclic amines) is 1. The summed E-state index contributed by atoms with van der Waals surface area (Å²) in [5, 5.41) is 8.58. The van der Waals surface area contributed by atoms with E-state index < -0.39 is 0 Å². The molecule has 0 aliphatic carbocycles. The van der Waals surface area contributed by atoms with Gasteiger partial charge in [0.2, 0.25) is 0 Å². The van der Waals surface area contributed by atoms with E-state index in [-0.39, 0.29) is 0 Å². The molecule has 5 aromatic rings. The first-order chi connectivity index (χ1) is 16.8. The number of rotatable bonds is 5. The fraction of sp³-hybridized carbons (Fsp3) is 0.222. The van der Waals surface area contributed by atoms with Crippen LogP contribution in [0.25, 0.3) is 33.7 Å². The maximum Gasteiger partial charge on any atom is 0.199 e. The molecule has 0 radical (unpaired) electrons. The number of nitrogens with zero attached hydrogens (tertiary/aromatic N) is 6. The minimum Gasteiger partial charge on any atom is -0.299 e. The van der Waals surface area contributed by atoms with Crippen LogP contribution in [0.15, 0.2) is 79.3 Å². The molecule has 4 aromatic heterocycles. The molecule has 0 saturated carbocycles. The predicted octanol–water partition coefficient (Wildman–Crippen LogP) is 4.86. The van der Waals surface area contributed by atoms with Crippen LogP contribution in [0, 0.1) is 0 Å². The minimum atomic E-state index is 0.415. The summed E-state index contributed by atoms with van der Waals surface area (Å²) in [5.41, 5.74) is 5.22. The van der Waals surface area contributed by atoms with Gasteiger partial charge in [-0.25, -0.2) is 9.97 Å². The van der Waals surface area contributed by atoms with E-state index in [1.807, 2.05) is 30.5 Å². The first-order valence-electron chi connectivity index (χ1n) is 11.7. The number of aromatic nitrogens is 6. The Morgan fingerprint density at radius 3 is 2.56 bits per heavy atom. The summed E-state index contributed by atoms with van der Waals surface area (Å²) in [6.45, 7) is 3.05. The van der Waals surface area contributed by atoms with Gasteiger partial charge in [0, 0.05) is 42.0 Å². The number of piperidine rings is 1. The summed E-state index contributed by atoms with van der Waals surface area (Å²) >= 11 is 0. The first-order valence-corrected chi connectivity index (χ1v) is 11.7. The summed E-state index contributed by atoms with van der Waals surface area (Å²) in [5.74, 6) is 2.07. The third kappa shape index (κ3) is 4.30. The van der Waals surface area contributed by atoms with Gasteiger partial charge in [-0.2, -0.15) is 5.10 Å². The van der Waals surface area contributed by atoms with Crippen LogP contribution in [0.5, 0.6) is 0 Å². The molecule has 1 saturated heterocycles. The highest BCUT2D eigenvalue weighted by Gasteiger charge is 2.23. The summed E-state index contributed by atoms with van der Waals surface area (Å²) < 4.78 is 0. The number of benzene rings is 1. The molecule has 7 nitrogen and oxygen atoms in total. The van der Waals surface area contributed by atoms with E-state index >= 15 is 0 Å². The fourth-order valence-corrected chi connectivity index (χ4v) is 4.60. The van der Waals surface area contributed by atoms with E-state index in [9.17, 15) is 0 Å². The number of hydrogen-bond donors (Lipinski definition) is 1. The SMILES string of the molecule is c1ccc(-c2n[nH]c(C3CCN(Cc4ccc(-c5ccc6cnccc6n5)cc4)CC3)n2)nc1. The highest BCUT2D eigenvalue weighted by atomic mass is 15.2. The van der Waals surface area contributed by atoms with Crippen LogP contribution in [-0.4, -0.2) is 48.1 Å². The molecule has 5 heterocycles. The number of fused-ring (bicyclic) bond motifs is 1. The van der Waals surface area contributed by atoms with Crippen molar-refractivity contribution >= 4 is 10.9 Å². The van der Waals surface area contributed by atoms with Crippen LogP contribution in [0.4, 0.5) is 0 Å². The zero-order valence-electron chi connectivity index (χ0n) is 18.8. The van der Waals surface area contributed by atoms with Crippen molar-refractivity contribution in [2.24, 2.45) is 0 Å². The van der Waals surface area contributed by atoms with Crippen LogP contribution >= 0.6 is 0 Å². The van der Waals surface area contributed by atoms with Gasteiger partial charge in [0.25, 0.3) is 0 Å². The molecule has 0 amide bonds. The summed E-state index contributed by atoms with van der Waals surface area (Å²) in [6, 6.07) is 20.7. The van der Waals surface area contributed by atoms with Gasteiger partial charge < -0.3 is 0 Å². The predicted molar refractivity (Wildman–Crippen MR) is 132 cm³/mol. The lowest BCUT2D eigenvalue weighted by atomic mass is 9.95. The Morgan fingerprint density at radius 1 is 0.853 bits per heavy atom. The van der Waals surface area contributed by atoms with Gasteiger partial charge in [-0.05, 0) is 61.8 Å². The number of H-pyrrole nitrogens is 1. The van der Waals surface area contributed by atoms with Crippen LogP contribution in [0.1, 0.15) is 30.1 Å². The minimum absolute atomic E-state index is 0.415. The Bertz CT molecular complexity index is 1390. The topological polar surface area (TPSA) is 83.5 Å². The molecule has 0 unspecified atom stereocenters. The zero-order valence-corrected chi connectivity index (χ0v) is 18.8. The Hall–Kier alpha value is -3.97. The van der Waals surface area contributed by atoms with Crippen LogP contribution in [0.2, 0.25) is 0 Å². The standard InChI is InChI=1S/C27H25N7/c1-2-13-29-25(3-1)27-31-26(32-33-27)21-11-15-34(16-12-21)18-19-4-6-20(7-5-19)23-9-8-22-17-28-14-10-24(22)30-23/h1-10,13-14,17,21H,11-12,15-16,18H2,(H,31,32,33). The second-order valence-electron chi connectivity index (χ2n) is 8.77. The Balaban J connectivity index is 1.07. The van der Waals surface area contributed by atoms with Gasteiger partial charge in [-0.3, -0.25) is 20.0 Å².